The fraction of sp³-hybridized carbons (Fsp3) is 0.231. The van der Waals surface area contributed by atoms with E-state index in [1.165, 1.54) is 28.8 Å². The first kappa shape index (κ1) is 28.1. The first-order valence-corrected chi connectivity index (χ1v) is 14.9. The molecule has 0 aliphatic heterocycles. The Labute approximate surface area is 198 Å². The van der Waals surface area contributed by atoms with Crippen LogP contribution in [-0.2, 0) is 0 Å². The van der Waals surface area contributed by atoms with E-state index in [4.69, 9.17) is 0 Å². The molecule has 0 amide bonds. The maximum atomic E-state index is 9.87. The van der Waals surface area contributed by atoms with Gasteiger partial charge in [-0.3, -0.25) is 0 Å². The standard InChI is InChI=1S/C26H30P.F6P/c1-3-5-16-23(15-4-2)27(24-17-9-6-10-18-24,25-19-11-7-12-20-25)26-21-13-8-14-22-26;1-7(2,3,4,5)6/h6-14,16-22H,3-5,15H2,1-2H3;/q+1;-1/b23-16+;. The fourth-order valence-corrected chi connectivity index (χ4v) is 8.58. The zero-order chi connectivity index (χ0) is 25.4. The third-order valence-corrected chi connectivity index (χ3v) is 9.52. The zero-order valence-corrected chi connectivity index (χ0v) is 21.0. The average molecular weight is 518 g/mol. The summed E-state index contributed by atoms with van der Waals surface area (Å²) < 4.78 is 59.2. The molecule has 186 valence electrons. The quantitative estimate of drug-likeness (QED) is 0.206. The van der Waals surface area contributed by atoms with Crippen molar-refractivity contribution < 1.29 is 25.2 Å². The first-order valence-electron chi connectivity index (χ1n) is 11.1. The van der Waals surface area contributed by atoms with Gasteiger partial charge in [0.2, 0.25) is 0 Å². The van der Waals surface area contributed by atoms with Crippen molar-refractivity contribution in [2.75, 3.05) is 0 Å². The summed E-state index contributed by atoms with van der Waals surface area (Å²) in [4.78, 5) is 0. The van der Waals surface area contributed by atoms with Gasteiger partial charge in [0.25, 0.3) is 0 Å². The molecule has 0 spiro atoms. The van der Waals surface area contributed by atoms with E-state index in [0.29, 0.717) is 0 Å². The molecule has 0 unspecified atom stereocenters. The van der Waals surface area contributed by atoms with Gasteiger partial charge >= 0.3 is 33.0 Å². The van der Waals surface area contributed by atoms with E-state index >= 15 is 0 Å². The van der Waals surface area contributed by atoms with E-state index in [0.717, 1.165) is 12.8 Å². The Morgan fingerprint density at radius 2 is 0.941 bits per heavy atom. The molecular formula is C26H30F6P2. The van der Waals surface area contributed by atoms with Gasteiger partial charge in [0.15, 0.2) is 0 Å². The van der Waals surface area contributed by atoms with Crippen LogP contribution in [0.1, 0.15) is 39.5 Å². The third-order valence-electron chi connectivity index (χ3n) is 5.04. The second-order valence-corrected chi connectivity index (χ2v) is 13.3. The van der Waals surface area contributed by atoms with Gasteiger partial charge in [-0.05, 0) is 55.3 Å². The molecule has 0 atom stereocenters. The Bertz CT molecular complexity index is 941. The normalized spacial score (nSPS) is 14.4. The van der Waals surface area contributed by atoms with Gasteiger partial charge in [-0.25, -0.2) is 0 Å². The summed E-state index contributed by atoms with van der Waals surface area (Å²) in [6.07, 6.45) is 7.19. The van der Waals surface area contributed by atoms with Crippen molar-refractivity contribution in [1.29, 1.82) is 0 Å². The summed E-state index contributed by atoms with van der Waals surface area (Å²) in [5, 5.41) is 5.99. The number of hydrogen-bond acceptors (Lipinski definition) is 0. The molecule has 0 aliphatic carbocycles. The van der Waals surface area contributed by atoms with Crippen molar-refractivity contribution in [1.82, 2.24) is 0 Å². The topological polar surface area (TPSA) is 0 Å². The summed E-state index contributed by atoms with van der Waals surface area (Å²) in [7, 11) is -12.5. The van der Waals surface area contributed by atoms with Crippen LogP contribution in [0.25, 0.3) is 0 Å². The molecule has 3 aromatic rings. The van der Waals surface area contributed by atoms with Crippen molar-refractivity contribution in [2.45, 2.75) is 39.5 Å². The second-order valence-electron chi connectivity index (χ2n) is 7.87. The molecule has 0 saturated heterocycles. The van der Waals surface area contributed by atoms with Gasteiger partial charge in [0.05, 0.1) is 5.31 Å². The summed E-state index contributed by atoms with van der Waals surface area (Å²) >= 11 is 0. The number of hydrogen-bond donors (Lipinski definition) is 0. The maximum absolute atomic E-state index is 10.7. The van der Waals surface area contributed by atoms with Gasteiger partial charge in [0.1, 0.15) is 23.2 Å². The Morgan fingerprint density at radius 1 is 0.618 bits per heavy atom. The van der Waals surface area contributed by atoms with E-state index in [1.807, 2.05) is 0 Å². The molecule has 34 heavy (non-hydrogen) atoms. The Morgan fingerprint density at radius 3 is 1.21 bits per heavy atom. The van der Waals surface area contributed by atoms with Gasteiger partial charge in [0, 0.05) is 6.42 Å². The average Bonchev–Trinajstić information content (AvgIpc) is 2.78. The van der Waals surface area contributed by atoms with Gasteiger partial charge < -0.3 is 0 Å². The van der Waals surface area contributed by atoms with Crippen LogP contribution in [0.3, 0.4) is 0 Å². The van der Waals surface area contributed by atoms with E-state index in [-0.39, 0.29) is 0 Å². The first-order chi connectivity index (χ1) is 15.8. The summed E-state index contributed by atoms with van der Waals surface area (Å²) in [5.74, 6) is 0. The summed E-state index contributed by atoms with van der Waals surface area (Å²) in [6, 6.07) is 33.6. The molecule has 0 nitrogen and oxygen atoms in total. The Balaban J connectivity index is 0.000000509. The van der Waals surface area contributed by atoms with Crippen LogP contribution in [0.2, 0.25) is 0 Å². The van der Waals surface area contributed by atoms with E-state index in [2.05, 4.69) is 111 Å². The molecular weight excluding hydrogens is 488 g/mol. The van der Waals surface area contributed by atoms with Gasteiger partial charge in [-0.15, -0.1) is 0 Å². The van der Waals surface area contributed by atoms with Crippen molar-refractivity contribution in [3.8, 4) is 0 Å². The van der Waals surface area contributed by atoms with Crippen LogP contribution in [0.5, 0.6) is 0 Å². The molecule has 0 aliphatic rings. The minimum absolute atomic E-state index is 1.14. The number of allylic oxidation sites excluding steroid dienone is 2. The van der Waals surface area contributed by atoms with Gasteiger partial charge in [-0.1, -0.05) is 74.9 Å². The summed E-state index contributed by atoms with van der Waals surface area (Å²) in [5.41, 5.74) is 0. The molecule has 0 saturated carbocycles. The van der Waals surface area contributed by atoms with Crippen LogP contribution < -0.4 is 15.9 Å². The molecule has 0 radical (unpaired) electrons. The minimum atomic E-state index is -10.7. The monoisotopic (exact) mass is 518 g/mol. The summed E-state index contributed by atoms with van der Waals surface area (Å²) in [6.45, 7) is 4.57. The van der Waals surface area contributed by atoms with E-state index in [9.17, 15) is 25.2 Å². The molecule has 0 bridgehead atoms. The third kappa shape index (κ3) is 8.89. The van der Waals surface area contributed by atoms with E-state index in [1.54, 1.807) is 5.31 Å². The predicted octanol–water partition coefficient (Wildman–Crippen LogP) is 9.85. The van der Waals surface area contributed by atoms with Crippen LogP contribution in [0.15, 0.2) is 102 Å². The molecule has 0 fully saturated rings. The number of benzene rings is 3. The molecule has 8 heteroatoms. The fourth-order valence-electron chi connectivity index (χ4n) is 3.87. The van der Waals surface area contributed by atoms with Crippen LogP contribution in [-0.4, -0.2) is 0 Å². The second kappa shape index (κ2) is 10.6. The molecule has 3 aromatic carbocycles. The van der Waals surface area contributed by atoms with Crippen molar-refractivity contribution >= 4 is 31.0 Å². The molecule has 3 rings (SSSR count). The molecule has 0 N–H and O–H groups in total. The number of unbranched alkanes of at least 4 members (excludes halogenated alkanes) is 1. The number of rotatable bonds is 8. The molecule has 0 aromatic heterocycles. The zero-order valence-electron chi connectivity index (χ0n) is 19.2. The SMILES string of the molecule is CCC/C=C(\CCC)[P+](c1ccccc1)(c1ccccc1)c1ccccc1.F[P-](F)(F)(F)(F)F. The van der Waals surface area contributed by atoms with Crippen molar-refractivity contribution in [3.05, 3.63) is 102 Å². The van der Waals surface area contributed by atoms with Crippen molar-refractivity contribution in [2.24, 2.45) is 0 Å². The predicted molar refractivity (Wildman–Crippen MR) is 137 cm³/mol. The van der Waals surface area contributed by atoms with Crippen LogP contribution in [0, 0.1) is 0 Å². The Hall–Kier alpha value is -2.16. The van der Waals surface area contributed by atoms with Crippen LogP contribution >= 0.6 is 15.1 Å². The van der Waals surface area contributed by atoms with Crippen LogP contribution in [0.4, 0.5) is 25.2 Å². The number of halogens is 6. The molecule has 0 heterocycles. The van der Waals surface area contributed by atoms with Crippen molar-refractivity contribution in [3.63, 3.8) is 0 Å². The van der Waals surface area contributed by atoms with Gasteiger partial charge in [-0.2, -0.15) is 0 Å². The van der Waals surface area contributed by atoms with E-state index < -0.39 is 15.1 Å². The Kier molecular flexibility index (Phi) is 8.77.